The molecule has 0 fully saturated rings. The number of anilines is 1. The minimum atomic E-state index is 0.554. The number of hydrogen-bond acceptors (Lipinski definition) is 4. The van der Waals surface area contributed by atoms with Crippen molar-refractivity contribution in [2.75, 3.05) is 33.1 Å². The van der Waals surface area contributed by atoms with Gasteiger partial charge in [0.05, 0.1) is 18.9 Å². The molecule has 0 aromatic heterocycles. The van der Waals surface area contributed by atoms with E-state index in [9.17, 15) is 0 Å². The first-order chi connectivity index (χ1) is 8.26. The third kappa shape index (κ3) is 5.12. The van der Waals surface area contributed by atoms with Gasteiger partial charge in [0, 0.05) is 19.8 Å². The Hall–Kier alpha value is -1.88. The lowest BCUT2D eigenvalue weighted by Gasteiger charge is -2.07. The summed E-state index contributed by atoms with van der Waals surface area (Å²) in [6.07, 6.45) is 3.93. The highest BCUT2D eigenvalue weighted by Crippen LogP contribution is 2.15. The van der Waals surface area contributed by atoms with E-state index in [1.165, 1.54) is 0 Å². The fourth-order valence-corrected chi connectivity index (χ4v) is 1.19. The second kappa shape index (κ2) is 7.40. The molecule has 0 radical (unpaired) electrons. The summed E-state index contributed by atoms with van der Waals surface area (Å²) in [6.45, 7) is 0.554. The zero-order valence-corrected chi connectivity index (χ0v) is 10.6. The van der Waals surface area contributed by atoms with Gasteiger partial charge >= 0.3 is 0 Å². The predicted octanol–water partition coefficient (Wildman–Crippen LogP) is 1.37. The van der Waals surface area contributed by atoms with Crippen molar-refractivity contribution in [1.82, 2.24) is 4.90 Å². The second-order valence-electron chi connectivity index (χ2n) is 3.61. The molecule has 0 aliphatic carbocycles. The Balaban J connectivity index is 2.44. The summed E-state index contributed by atoms with van der Waals surface area (Å²) in [5, 5.41) is 13.3. The van der Waals surface area contributed by atoms with Crippen LogP contribution in [0.25, 0.3) is 0 Å². The van der Waals surface area contributed by atoms with E-state index < -0.39 is 0 Å². The van der Waals surface area contributed by atoms with Crippen molar-refractivity contribution >= 4 is 11.4 Å². The Labute approximate surface area is 102 Å². The molecule has 5 nitrogen and oxygen atoms in total. The number of nitrogens with one attached hydrogen (secondary N) is 1. The molecule has 1 aromatic carbocycles. The van der Waals surface area contributed by atoms with Crippen molar-refractivity contribution in [3.63, 3.8) is 0 Å². The van der Waals surface area contributed by atoms with E-state index in [2.05, 4.69) is 15.5 Å². The van der Waals surface area contributed by atoms with Crippen molar-refractivity contribution in [2.24, 2.45) is 10.2 Å². The molecule has 0 spiro atoms. The molecule has 0 atom stereocenters. The van der Waals surface area contributed by atoms with Crippen LogP contribution in [-0.4, -0.2) is 32.7 Å². The Morgan fingerprint density at radius 3 is 2.65 bits per heavy atom. The number of quaternary nitrogens is 1. The molecule has 1 rings (SSSR count). The van der Waals surface area contributed by atoms with Gasteiger partial charge in [-0.15, -0.1) is 0 Å². The molecule has 0 heterocycles. The van der Waals surface area contributed by atoms with Gasteiger partial charge < -0.3 is 15.5 Å². The second-order valence-corrected chi connectivity index (χ2v) is 3.61. The number of hydrogen-bond donors (Lipinski definition) is 2. The first-order valence-corrected chi connectivity index (χ1v) is 5.58. The molecule has 3 N–H and O–H groups in total. The topological polar surface area (TPSA) is 56.6 Å². The van der Waals surface area contributed by atoms with E-state index in [4.69, 9.17) is 0 Å². The van der Waals surface area contributed by atoms with Crippen molar-refractivity contribution < 1.29 is 5.32 Å². The smallest absolute Gasteiger partial charge is 0.131 e. The molecule has 0 amide bonds. The third-order valence-electron chi connectivity index (χ3n) is 2.16. The van der Waals surface area contributed by atoms with E-state index in [1.807, 2.05) is 68.0 Å². The highest BCUT2D eigenvalue weighted by Gasteiger charge is 1.91. The van der Waals surface area contributed by atoms with Crippen LogP contribution in [0.15, 0.2) is 46.9 Å². The molecule has 5 heteroatoms. The van der Waals surface area contributed by atoms with Crippen molar-refractivity contribution in [2.45, 2.75) is 0 Å². The molecular formula is C12H20N5+. The van der Waals surface area contributed by atoms with Gasteiger partial charge in [0.25, 0.3) is 0 Å². The van der Waals surface area contributed by atoms with Crippen LogP contribution in [0.4, 0.5) is 11.4 Å². The molecule has 17 heavy (non-hydrogen) atoms. The monoisotopic (exact) mass is 234 g/mol. The first kappa shape index (κ1) is 13.2. The molecule has 0 aliphatic heterocycles. The summed E-state index contributed by atoms with van der Waals surface area (Å²) in [5.74, 6) is 0. The number of nitrogens with zero attached hydrogens (tertiary/aromatic N) is 3. The molecule has 92 valence electrons. The minimum Gasteiger partial charge on any atom is -0.388 e. The van der Waals surface area contributed by atoms with Gasteiger partial charge in [-0.05, 0) is 24.3 Å². The first-order valence-electron chi connectivity index (χ1n) is 5.58. The summed E-state index contributed by atoms with van der Waals surface area (Å²) >= 11 is 0. The predicted molar refractivity (Wildman–Crippen MR) is 70.1 cm³/mol. The molecule has 0 aliphatic rings. The molecule has 0 saturated heterocycles. The van der Waals surface area contributed by atoms with Gasteiger partial charge in [-0.25, -0.2) is 0 Å². The van der Waals surface area contributed by atoms with Crippen molar-refractivity contribution in [3.05, 3.63) is 36.7 Å². The average Bonchev–Trinajstić information content (AvgIpc) is 2.37. The number of nitrogens with two attached hydrogens (primary N) is 1. The van der Waals surface area contributed by atoms with Gasteiger partial charge in [0.15, 0.2) is 0 Å². The maximum absolute atomic E-state index is 4.14. The van der Waals surface area contributed by atoms with Crippen LogP contribution in [0, 0.1) is 0 Å². The lowest BCUT2D eigenvalue weighted by atomic mass is 10.3. The Bertz CT molecular complexity index is 369. The Morgan fingerprint density at radius 1 is 1.35 bits per heavy atom. The lowest BCUT2D eigenvalue weighted by Crippen LogP contribution is -2.72. The lowest BCUT2D eigenvalue weighted by molar-refractivity contribution is -0.557. The van der Waals surface area contributed by atoms with Crippen LogP contribution in [0.3, 0.4) is 0 Å². The van der Waals surface area contributed by atoms with Crippen LogP contribution in [0.5, 0.6) is 0 Å². The molecule has 0 bridgehead atoms. The summed E-state index contributed by atoms with van der Waals surface area (Å²) in [7, 11) is 5.83. The summed E-state index contributed by atoms with van der Waals surface area (Å²) < 4.78 is 0. The van der Waals surface area contributed by atoms with Gasteiger partial charge in [-0.3, -0.25) is 0 Å². The maximum atomic E-state index is 4.14. The SMILES string of the molecule is CNc1ccc(N=NCN(C)/C=C\[NH2+]C)cc1. The van der Waals surface area contributed by atoms with E-state index in [-0.39, 0.29) is 0 Å². The number of benzene rings is 1. The molecule has 0 unspecified atom stereocenters. The van der Waals surface area contributed by atoms with Crippen LogP contribution in [0.1, 0.15) is 0 Å². The molecule has 1 aromatic rings. The quantitative estimate of drug-likeness (QED) is 0.730. The standard InChI is InChI=1S/C12H19N5/c1-13-8-9-17(3)10-15-16-12-6-4-11(14-2)5-7-12/h4-9,13-14H,10H2,1-3H3/p+1/b9-8-,16-15?. The Morgan fingerprint density at radius 2 is 2.06 bits per heavy atom. The normalized spacial score (nSPS) is 11.2. The minimum absolute atomic E-state index is 0.554. The van der Waals surface area contributed by atoms with Crippen molar-refractivity contribution in [1.29, 1.82) is 0 Å². The van der Waals surface area contributed by atoms with Crippen LogP contribution < -0.4 is 10.6 Å². The molecular weight excluding hydrogens is 214 g/mol. The van der Waals surface area contributed by atoms with Crippen LogP contribution >= 0.6 is 0 Å². The fraction of sp³-hybridized carbons (Fsp3) is 0.333. The summed E-state index contributed by atoms with van der Waals surface area (Å²) in [5.41, 5.74) is 1.94. The highest BCUT2D eigenvalue weighted by atomic mass is 15.2. The van der Waals surface area contributed by atoms with Gasteiger partial charge in [0.1, 0.15) is 12.9 Å². The number of rotatable bonds is 6. The largest absolute Gasteiger partial charge is 0.388 e. The summed E-state index contributed by atoms with van der Waals surface area (Å²) in [6, 6.07) is 7.82. The average molecular weight is 234 g/mol. The zero-order valence-electron chi connectivity index (χ0n) is 10.6. The zero-order chi connectivity index (χ0) is 12.5. The van der Waals surface area contributed by atoms with Gasteiger partial charge in [-0.2, -0.15) is 10.2 Å². The van der Waals surface area contributed by atoms with Gasteiger partial charge in [-0.1, -0.05) is 0 Å². The summed E-state index contributed by atoms with van der Waals surface area (Å²) in [4.78, 5) is 1.96. The van der Waals surface area contributed by atoms with E-state index in [1.54, 1.807) is 0 Å². The van der Waals surface area contributed by atoms with Crippen molar-refractivity contribution in [3.8, 4) is 0 Å². The number of azo groups is 1. The molecule has 0 saturated carbocycles. The van der Waals surface area contributed by atoms with Gasteiger partial charge in [0.2, 0.25) is 0 Å². The van der Waals surface area contributed by atoms with E-state index in [0.29, 0.717) is 6.67 Å². The van der Waals surface area contributed by atoms with E-state index in [0.717, 1.165) is 11.4 Å². The Kier molecular flexibility index (Phi) is 5.74. The maximum Gasteiger partial charge on any atom is 0.131 e. The fourth-order valence-electron chi connectivity index (χ4n) is 1.19. The third-order valence-corrected chi connectivity index (χ3v) is 2.16. The van der Waals surface area contributed by atoms with Crippen LogP contribution in [0.2, 0.25) is 0 Å². The van der Waals surface area contributed by atoms with E-state index >= 15 is 0 Å². The van der Waals surface area contributed by atoms with Crippen LogP contribution in [-0.2, 0) is 0 Å². The highest BCUT2D eigenvalue weighted by molar-refractivity contribution is 5.50.